The standard InChI is InChI=1S/C23H26N6O3/c1-14-12-20(32-27-14)18-13-24-23(28(3)4)26-21(18)19-6-5-11-29(19)22(31)16-7-9-17(10-8-16)25-15(2)30/h7-10,12-13,19H,5-6,11H2,1-4H3,(H,25,30). The predicted octanol–water partition coefficient (Wildman–Crippen LogP) is 3.44. The van der Waals surface area contributed by atoms with E-state index in [4.69, 9.17) is 9.51 Å². The Morgan fingerprint density at radius 3 is 2.59 bits per heavy atom. The lowest BCUT2D eigenvalue weighted by atomic mass is 10.0. The molecule has 1 aliphatic rings. The largest absolute Gasteiger partial charge is 0.356 e. The molecule has 0 saturated carbocycles. The molecule has 1 atom stereocenters. The number of carbonyl (C=O) groups excluding carboxylic acids is 2. The van der Waals surface area contributed by atoms with Crippen molar-refractivity contribution >= 4 is 23.5 Å². The molecule has 1 fully saturated rings. The van der Waals surface area contributed by atoms with Crippen molar-refractivity contribution in [1.29, 1.82) is 0 Å². The molecular formula is C23H26N6O3. The van der Waals surface area contributed by atoms with Crippen molar-refractivity contribution in [3.63, 3.8) is 0 Å². The molecule has 9 heteroatoms. The molecule has 32 heavy (non-hydrogen) atoms. The maximum Gasteiger partial charge on any atom is 0.254 e. The molecule has 0 radical (unpaired) electrons. The molecule has 3 aromatic rings. The summed E-state index contributed by atoms with van der Waals surface area (Å²) in [6.07, 6.45) is 3.40. The summed E-state index contributed by atoms with van der Waals surface area (Å²) in [6, 6.07) is 8.57. The zero-order valence-electron chi connectivity index (χ0n) is 18.6. The van der Waals surface area contributed by atoms with Crippen LogP contribution in [0.2, 0.25) is 0 Å². The Bertz CT molecular complexity index is 1140. The summed E-state index contributed by atoms with van der Waals surface area (Å²) in [5.41, 5.74) is 3.47. The lowest BCUT2D eigenvalue weighted by Gasteiger charge is -2.26. The van der Waals surface area contributed by atoms with Gasteiger partial charge in [0.2, 0.25) is 11.9 Å². The van der Waals surface area contributed by atoms with Crippen LogP contribution in [0.3, 0.4) is 0 Å². The van der Waals surface area contributed by atoms with Crippen molar-refractivity contribution in [3.8, 4) is 11.3 Å². The van der Waals surface area contributed by atoms with Gasteiger partial charge >= 0.3 is 0 Å². The molecule has 1 N–H and O–H groups in total. The van der Waals surface area contributed by atoms with Crippen LogP contribution in [0.5, 0.6) is 0 Å². The van der Waals surface area contributed by atoms with E-state index in [1.807, 2.05) is 36.9 Å². The summed E-state index contributed by atoms with van der Waals surface area (Å²) < 4.78 is 5.49. The maximum absolute atomic E-state index is 13.4. The zero-order valence-corrected chi connectivity index (χ0v) is 18.6. The average Bonchev–Trinajstić information content (AvgIpc) is 3.42. The van der Waals surface area contributed by atoms with E-state index in [0.717, 1.165) is 29.8 Å². The number of rotatable bonds is 5. The van der Waals surface area contributed by atoms with Gasteiger partial charge in [0, 0.05) is 51.1 Å². The Morgan fingerprint density at radius 1 is 1.22 bits per heavy atom. The number of amides is 2. The second-order valence-corrected chi connectivity index (χ2v) is 8.11. The second-order valence-electron chi connectivity index (χ2n) is 8.11. The molecule has 9 nitrogen and oxygen atoms in total. The third-order valence-electron chi connectivity index (χ3n) is 5.38. The number of likely N-dealkylation sites (tertiary alicyclic amines) is 1. The summed E-state index contributed by atoms with van der Waals surface area (Å²) in [7, 11) is 3.76. The van der Waals surface area contributed by atoms with Gasteiger partial charge in [-0.05, 0) is 44.0 Å². The molecule has 2 amide bonds. The summed E-state index contributed by atoms with van der Waals surface area (Å²) in [5.74, 6) is 0.923. The average molecular weight is 435 g/mol. The minimum Gasteiger partial charge on any atom is -0.356 e. The van der Waals surface area contributed by atoms with Gasteiger partial charge in [0.1, 0.15) is 0 Å². The van der Waals surface area contributed by atoms with E-state index in [0.29, 0.717) is 29.5 Å². The number of nitrogens with one attached hydrogen (secondary N) is 1. The Hall–Kier alpha value is -3.75. The molecule has 0 spiro atoms. The number of aryl methyl sites for hydroxylation is 1. The topological polar surface area (TPSA) is 104 Å². The van der Waals surface area contributed by atoms with Crippen LogP contribution in [0.15, 0.2) is 41.1 Å². The molecule has 0 bridgehead atoms. The maximum atomic E-state index is 13.4. The van der Waals surface area contributed by atoms with Crippen LogP contribution < -0.4 is 10.2 Å². The molecule has 166 valence electrons. The van der Waals surface area contributed by atoms with Crippen molar-refractivity contribution in [2.45, 2.75) is 32.7 Å². The SMILES string of the molecule is CC(=O)Nc1ccc(C(=O)N2CCCC2c2nc(N(C)C)ncc2-c2cc(C)no2)cc1. The van der Waals surface area contributed by atoms with Crippen LogP contribution in [0.1, 0.15) is 47.6 Å². The molecule has 0 aliphatic carbocycles. The highest BCUT2D eigenvalue weighted by molar-refractivity contribution is 5.96. The third kappa shape index (κ3) is 4.32. The van der Waals surface area contributed by atoms with Gasteiger partial charge in [-0.25, -0.2) is 9.97 Å². The van der Waals surface area contributed by atoms with E-state index in [1.54, 1.807) is 30.5 Å². The quantitative estimate of drug-likeness (QED) is 0.656. The molecule has 3 heterocycles. The first-order chi connectivity index (χ1) is 15.3. The summed E-state index contributed by atoms with van der Waals surface area (Å²) >= 11 is 0. The first kappa shape index (κ1) is 21.5. The van der Waals surface area contributed by atoms with Crippen LogP contribution in [-0.4, -0.2) is 52.5 Å². The molecule has 2 aromatic heterocycles. The highest BCUT2D eigenvalue weighted by Crippen LogP contribution is 2.38. The van der Waals surface area contributed by atoms with E-state index in [1.165, 1.54) is 6.92 Å². The van der Waals surface area contributed by atoms with Crippen LogP contribution in [0.4, 0.5) is 11.6 Å². The molecule has 1 saturated heterocycles. The predicted molar refractivity (Wildman–Crippen MR) is 120 cm³/mol. The Kier molecular flexibility index (Phi) is 5.89. The number of benzene rings is 1. The van der Waals surface area contributed by atoms with Crippen molar-refractivity contribution in [2.75, 3.05) is 30.9 Å². The van der Waals surface area contributed by atoms with Gasteiger partial charge in [0.15, 0.2) is 5.76 Å². The number of nitrogens with zero attached hydrogens (tertiary/aromatic N) is 5. The fraction of sp³-hybridized carbons (Fsp3) is 0.348. The number of aromatic nitrogens is 3. The zero-order chi connectivity index (χ0) is 22.8. The highest BCUT2D eigenvalue weighted by Gasteiger charge is 2.34. The van der Waals surface area contributed by atoms with E-state index >= 15 is 0 Å². The lowest BCUT2D eigenvalue weighted by Crippen LogP contribution is -2.31. The van der Waals surface area contributed by atoms with Crippen molar-refractivity contribution < 1.29 is 14.1 Å². The van der Waals surface area contributed by atoms with Gasteiger partial charge in [-0.2, -0.15) is 0 Å². The summed E-state index contributed by atoms with van der Waals surface area (Å²) in [6.45, 7) is 3.94. The molecular weight excluding hydrogens is 408 g/mol. The van der Waals surface area contributed by atoms with Crippen LogP contribution >= 0.6 is 0 Å². The summed E-state index contributed by atoms with van der Waals surface area (Å²) in [5, 5.41) is 6.71. The van der Waals surface area contributed by atoms with Gasteiger partial charge in [-0.3, -0.25) is 9.59 Å². The number of carbonyl (C=O) groups is 2. The van der Waals surface area contributed by atoms with Gasteiger partial charge in [-0.1, -0.05) is 5.16 Å². The first-order valence-electron chi connectivity index (χ1n) is 10.5. The third-order valence-corrected chi connectivity index (χ3v) is 5.38. The number of hydrogen-bond acceptors (Lipinski definition) is 7. The normalized spacial score (nSPS) is 15.6. The Balaban J connectivity index is 1.68. The van der Waals surface area contributed by atoms with Crippen LogP contribution in [0.25, 0.3) is 11.3 Å². The lowest BCUT2D eigenvalue weighted by molar-refractivity contribution is -0.114. The Morgan fingerprint density at radius 2 is 1.97 bits per heavy atom. The van der Waals surface area contributed by atoms with Crippen molar-refractivity contribution in [1.82, 2.24) is 20.0 Å². The van der Waals surface area contributed by atoms with Crippen LogP contribution in [0, 0.1) is 6.92 Å². The monoisotopic (exact) mass is 434 g/mol. The fourth-order valence-electron chi connectivity index (χ4n) is 3.89. The van der Waals surface area contributed by atoms with E-state index in [9.17, 15) is 9.59 Å². The minimum absolute atomic E-state index is 0.0772. The Labute approximate surface area is 186 Å². The van der Waals surface area contributed by atoms with Crippen molar-refractivity contribution in [2.24, 2.45) is 0 Å². The fourth-order valence-corrected chi connectivity index (χ4v) is 3.89. The molecule has 1 aromatic carbocycles. The number of hydrogen-bond donors (Lipinski definition) is 1. The van der Waals surface area contributed by atoms with E-state index < -0.39 is 0 Å². The first-order valence-corrected chi connectivity index (χ1v) is 10.5. The molecule has 1 unspecified atom stereocenters. The van der Waals surface area contributed by atoms with Crippen molar-refractivity contribution in [3.05, 3.63) is 53.5 Å². The molecule has 1 aliphatic heterocycles. The van der Waals surface area contributed by atoms with Gasteiger partial charge < -0.3 is 19.6 Å². The van der Waals surface area contributed by atoms with Gasteiger partial charge in [0.05, 0.1) is 23.0 Å². The number of anilines is 2. The molecule has 4 rings (SSSR count). The summed E-state index contributed by atoms with van der Waals surface area (Å²) in [4.78, 5) is 37.6. The van der Waals surface area contributed by atoms with Crippen LogP contribution in [-0.2, 0) is 4.79 Å². The highest BCUT2D eigenvalue weighted by atomic mass is 16.5. The minimum atomic E-state index is -0.209. The van der Waals surface area contributed by atoms with Gasteiger partial charge in [0.25, 0.3) is 5.91 Å². The second kappa shape index (κ2) is 8.78. The van der Waals surface area contributed by atoms with E-state index in [2.05, 4.69) is 15.5 Å². The van der Waals surface area contributed by atoms with E-state index in [-0.39, 0.29) is 17.9 Å². The van der Waals surface area contributed by atoms with Gasteiger partial charge in [-0.15, -0.1) is 0 Å². The smallest absolute Gasteiger partial charge is 0.254 e.